The summed E-state index contributed by atoms with van der Waals surface area (Å²) >= 11 is 1.46. The number of aliphatic hydroxyl groups is 1. The van der Waals surface area contributed by atoms with E-state index >= 15 is 0 Å². The Bertz CT molecular complexity index is 1050. The molecule has 0 aromatic rings. The van der Waals surface area contributed by atoms with Crippen molar-refractivity contribution in [3.05, 3.63) is 0 Å². The van der Waals surface area contributed by atoms with Crippen LogP contribution in [0.15, 0.2) is 0 Å². The maximum absolute atomic E-state index is 13.4. The van der Waals surface area contributed by atoms with Crippen LogP contribution in [-0.4, -0.2) is 123 Å². The van der Waals surface area contributed by atoms with E-state index in [2.05, 4.69) is 16.0 Å². The van der Waals surface area contributed by atoms with Crippen LogP contribution in [0.1, 0.15) is 66.2 Å². The molecule has 2 saturated heterocycles. The summed E-state index contributed by atoms with van der Waals surface area (Å²) < 4.78 is 0. The Balaban J connectivity index is 2.15. The van der Waals surface area contributed by atoms with Crippen molar-refractivity contribution in [2.45, 2.75) is 102 Å². The Morgan fingerprint density at radius 3 is 1.98 bits per heavy atom. The Labute approximate surface area is 263 Å². The van der Waals surface area contributed by atoms with Crippen LogP contribution in [0, 0.1) is 11.8 Å². The van der Waals surface area contributed by atoms with E-state index in [1.54, 1.807) is 6.92 Å². The average molecular weight is 643 g/mol. The third-order valence-electron chi connectivity index (χ3n) is 8.50. The summed E-state index contributed by atoms with van der Waals surface area (Å²) in [5, 5.41) is 27.4. The summed E-state index contributed by atoms with van der Waals surface area (Å²) in [4.78, 5) is 80.6. The molecule has 0 aromatic heterocycles. The summed E-state index contributed by atoms with van der Waals surface area (Å²) in [7, 11) is 0. The molecule has 7 atom stereocenters. The van der Waals surface area contributed by atoms with Crippen LogP contribution in [-0.2, 0) is 28.8 Å². The van der Waals surface area contributed by atoms with Crippen LogP contribution in [0.3, 0.4) is 0 Å². The van der Waals surface area contributed by atoms with Gasteiger partial charge in [0, 0.05) is 13.1 Å². The SMILES string of the molecule is CC[C@H](C)[C@H](NC(=O)[C@H](CO)NC(=O)[C@H](CCSC)NC(=O)[C@@H]1CCCN1C(=O)[C@@H](N)C(C)C)C(=O)N1CCC[C@H]1C(=O)O. The van der Waals surface area contributed by atoms with Gasteiger partial charge in [-0.15, -0.1) is 0 Å². The molecule has 0 spiro atoms. The summed E-state index contributed by atoms with van der Waals surface area (Å²) in [5.41, 5.74) is 6.05. The number of carboxylic acid groups (broad SMARTS) is 1. The fourth-order valence-corrected chi connectivity index (χ4v) is 5.89. The topological polar surface area (TPSA) is 211 Å². The van der Waals surface area contributed by atoms with E-state index in [0.717, 1.165) is 0 Å². The Kier molecular flexibility index (Phi) is 14.9. The second-order valence-corrected chi connectivity index (χ2v) is 12.9. The Morgan fingerprint density at radius 1 is 0.886 bits per heavy atom. The summed E-state index contributed by atoms with van der Waals surface area (Å²) in [6, 6.07) is -6.06. The van der Waals surface area contributed by atoms with E-state index in [4.69, 9.17) is 5.73 Å². The number of nitrogens with zero attached hydrogens (tertiary/aromatic N) is 2. The third kappa shape index (κ3) is 9.54. The molecule has 2 aliphatic rings. The molecule has 0 aliphatic carbocycles. The zero-order valence-corrected chi connectivity index (χ0v) is 27.2. The van der Waals surface area contributed by atoms with E-state index < -0.39 is 72.5 Å². The van der Waals surface area contributed by atoms with Crippen LogP contribution in [0.4, 0.5) is 0 Å². The van der Waals surface area contributed by atoms with E-state index in [1.807, 2.05) is 27.0 Å². The molecular formula is C29H50N6O8S. The van der Waals surface area contributed by atoms with Gasteiger partial charge in [0.25, 0.3) is 0 Å². The summed E-state index contributed by atoms with van der Waals surface area (Å²) in [6.45, 7) is 7.09. The van der Waals surface area contributed by atoms with Gasteiger partial charge in [-0.05, 0) is 55.9 Å². The quantitative estimate of drug-likeness (QED) is 0.124. The number of rotatable bonds is 16. The Hall–Kier alpha value is -2.91. The minimum Gasteiger partial charge on any atom is -0.480 e. The van der Waals surface area contributed by atoms with Gasteiger partial charge < -0.3 is 41.7 Å². The van der Waals surface area contributed by atoms with Gasteiger partial charge in [-0.1, -0.05) is 34.1 Å². The number of carbonyl (C=O) groups excluding carboxylic acids is 5. The molecule has 2 fully saturated rings. The van der Waals surface area contributed by atoms with Gasteiger partial charge >= 0.3 is 5.97 Å². The maximum Gasteiger partial charge on any atom is 0.326 e. The molecule has 7 N–H and O–H groups in total. The zero-order valence-electron chi connectivity index (χ0n) is 26.4. The highest BCUT2D eigenvalue weighted by atomic mass is 32.2. The van der Waals surface area contributed by atoms with Crippen molar-refractivity contribution < 1.29 is 39.0 Å². The number of thioether (sulfide) groups is 1. The van der Waals surface area contributed by atoms with Gasteiger partial charge in [0.2, 0.25) is 29.5 Å². The van der Waals surface area contributed by atoms with Crippen molar-refractivity contribution in [3.63, 3.8) is 0 Å². The lowest BCUT2D eigenvalue weighted by Gasteiger charge is -2.31. The molecule has 44 heavy (non-hydrogen) atoms. The second kappa shape index (κ2) is 17.5. The van der Waals surface area contributed by atoms with Crippen molar-refractivity contribution in [2.24, 2.45) is 17.6 Å². The molecule has 14 nitrogen and oxygen atoms in total. The van der Waals surface area contributed by atoms with Gasteiger partial charge in [-0.3, -0.25) is 24.0 Å². The van der Waals surface area contributed by atoms with Crippen molar-refractivity contribution in [3.8, 4) is 0 Å². The minimum atomic E-state index is -1.43. The monoisotopic (exact) mass is 642 g/mol. The van der Waals surface area contributed by atoms with Crippen LogP contribution in [0.25, 0.3) is 0 Å². The van der Waals surface area contributed by atoms with Crippen molar-refractivity contribution in [1.82, 2.24) is 25.8 Å². The van der Waals surface area contributed by atoms with Gasteiger partial charge in [0.15, 0.2) is 0 Å². The molecular weight excluding hydrogens is 592 g/mol. The van der Waals surface area contributed by atoms with E-state index in [0.29, 0.717) is 44.4 Å². The number of hydrogen-bond donors (Lipinski definition) is 6. The first-order valence-corrected chi connectivity index (χ1v) is 16.8. The molecule has 2 heterocycles. The van der Waals surface area contributed by atoms with Crippen LogP contribution in [0.5, 0.6) is 0 Å². The predicted molar refractivity (Wildman–Crippen MR) is 165 cm³/mol. The average Bonchev–Trinajstić information content (AvgIpc) is 3.69. The van der Waals surface area contributed by atoms with E-state index in [1.165, 1.54) is 21.6 Å². The number of amides is 5. The van der Waals surface area contributed by atoms with E-state index in [-0.39, 0.29) is 30.7 Å². The number of aliphatic carboxylic acids is 1. The summed E-state index contributed by atoms with van der Waals surface area (Å²) in [5.74, 6) is -3.94. The number of likely N-dealkylation sites (tertiary alicyclic amines) is 2. The molecule has 0 unspecified atom stereocenters. The van der Waals surface area contributed by atoms with Crippen LogP contribution >= 0.6 is 11.8 Å². The highest BCUT2D eigenvalue weighted by Gasteiger charge is 2.41. The first-order chi connectivity index (χ1) is 20.8. The number of aliphatic hydroxyl groups excluding tert-OH is 1. The number of nitrogens with two attached hydrogens (primary N) is 1. The molecule has 0 saturated carbocycles. The lowest BCUT2D eigenvalue weighted by molar-refractivity contribution is -0.150. The maximum atomic E-state index is 13.4. The molecule has 2 rings (SSSR count). The lowest BCUT2D eigenvalue weighted by atomic mass is 9.97. The molecule has 0 bridgehead atoms. The van der Waals surface area contributed by atoms with Gasteiger partial charge in [-0.25, -0.2) is 4.79 Å². The van der Waals surface area contributed by atoms with Crippen molar-refractivity contribution >= 4 is 47.3 Å². The molecule has 5 amide bonds. The van der Waals surface area contributed by atoms with Crippen molar-refractivity contribution in [2.75, 3.05) is 31.7 Å². The van der Waals surface area contributed by atoms with Crippen molar-refractivity contribution in [1.29, 1.82) is 0 Å². The molecule has 2 aliphatic heterocycles. The number of nitrogens with one attached hydrogen (secondary N) is 3. The fourth-order valence-electron chi connectivity index (χ4n) is 5.42. The number of hydrogen-bond acceptors (Lipinski definition) is 9. The fraction of sp³-hybridized carbons (Fsp3) is 0.793. The minimum absolute atomic E-state index is 0.113. The highest BCUT2D eigenvalue weighted by molar-refractivity contribution is 7.98. The van der Waals surface area contributed by atoms with Crippen LogP contribution < -0.4 is 21.7 Å². The highest BCUT2D eigenvalue weighted by Crippen LogP contribution is 2.22. The first-order valence-electron chi connectivity index (χ1n) is 15.4. The third-order valence-corrected chi connectivity index (χ3v) is 9.14. The smallest absolute Gasteiger partial charge is 0.326 e. The van der Waals surface area contributed by atoms with Crippen LogP contribution in [0.2, 0.25) is 0 Å². The second-order valence-electron chi connectivity index (χ2n) is 11.9. The van der Waals surface area contributed by atoms with Gasteiger partial charge in [0.1, 0.15) is 30.2 Å². The lowest BCUT2D eigenvalue weighted by Crippen LogP contribution is -2.60. The zero-order chi connectivity index (χ0) is 33.1. The van der Waals surface area contributed by atoms with Gasteiger partial charge in [-0.2, -0.15) is 11.8 Å². The number of carboxylic acids is 1. The standard InChI is InChI=1S/C29H50N6O8S/c1-6-17(4)23(28(41)35-13-8-10-21(35)29(42)43)33-25(38)19(15-36)32-24(37)18(11-14-44-5)31-26(39)20-9-7-12-34(20)27(40)22(30)16(2)3/h16-23,36H,6-15,30H2,1-5H3,(H,31,39)(H,32,37)(H,33,38)(H,42,43)/t17-,18-,19-,20-,21-,22-,23-/m0/s1. The predicted octanol–water partition coefficient (Wildman–Crippen LogP) is -0.718. The molecule has 250 valence electrons. The van der Waals surface area contributed by atoms with E-state index in [9.17, 15) is 39.0 Å². The largest absolute Gasteiger partial charge is 0.480 e. The first kappa shape index (κ1) is 37.3. The normalized spacial score (nSPS) is 21.7. The van der Waals surface area contributed by atoms with Gasteiger partial charge in [0.05, 0.1) is 12.6 Å². The molecule has 15 heteroatoms. The Morgan fingerprint density at radius 2 is 1.45 bits per heavy atom. The molecule has 0 aromatic carbocycles. The molecule has 0 radical (unpaired) electrons. The summed E-state index contributed by atoms with van der Waals surface area (Å²) in [6.07, 6.45) is 4.45. The number of carbonyl (C=O) groups is 6.